The second-order valence-electron chi connectivity index (χ2n) is 4.31. The summed E-state index contributed by atoms with van der Waals surface area (Å²) in [5.41, 5.74) is 6.33. The zero-order chi connectivity index (χ0) is 12.3. The van der Waals surface area contributed by atoms with Crippen molar-refractivity contribution in [2.24, 2.45) is 5.92 Å². The largest absolute Gasteiger partial charge is 0.291 e. The summed E-state index contributed by atoms with van der Waals surface area (Å²) in [4.78, 5) is 11.1. The van der Waals surface area contributed by atoms with Crippen LogP contribution in [0.25, 0.3) is 6.08 Å². The standard InChI is InChI=1S/C13H15FN2O/c1-9-7-13(17)16-15-12(9)6-5-10-3-2-4-11(14)8-10/h2-6,8-9,12,15H,7H2,1H3,(H,16,17)/b6-5+. The SMILES string of the molecule is CC1CC(=O)NNC1/C=C/c1cccc(F)c1. The van der Waals surface area contributed by atoms with E-state index in [0.29, 0.717) is 6.42 Å². The Balaban J connectivity index is 2.03. The molecule has 0 spiro atoms. The number of rotatable bonds is 2. The van der Waals surface area contributed by atoms with Crippen LogP contribution in [0.4, 0.5) is 4.39 Å². The second kappa shape index (κ2) is 5.10. The molecule has 0 aromatic heterocycles. The molecule has 17 heavy (non-hydrogen) atoms. The van der Waals surface area contributed by atoms with Crippen molar-refractivity contribution in [2.45, 2.75) is 19.4 Å². The highest BCUT2D eigenvalue weighted by Gasteiger charge is 2.22. The van der Waals surface area contributed by atoms with Gasteiger partial charge in [-0.2, -0.15) is 0 Å². The molecule has 1 aliphatic heterocycles. The van der Waals surface area contributed by atoms with Crippen molar-refractivity contribution in [1.82, 2.24) is 10.9 Å². The Morgan fingerprint density at radius 2 is 2.29 bits per heavy atom. The molecular weight excluding hydrogens is 219 g/mol. The normalized spacial score (nSPS) is 24.9. The number of carbonyl (C=O) groups excluding carboxylic acids is 1. The molecule has 1 heterocycles. The Labute approximate surface area is 99.7 Å². The molecule has 0 aliphatic carbocycles. The Bertz CT molecular complexity index is 445. The zero-order valence-electron chi connectivity index (χ0n) is 9.61. The third kappa shape index (κ3) is 3.14. The monoisotopic (exact) mass is 234 g/mol. The lowest BCUT2D eigenvalue weighted by atomic mass is 9.96. The van der Waals surface area contributed by atoms with Gasteiger partial charge < -0.3 is 0 Å². The van der Waals surface area contributed by atoms with Crippen LogP contribution in [-0.4, -0.2) is 11.9 Å². The highest BCUT2D eigenvalue weighted by molar-refractivity contribution is 5.76. The number of nitrogens with one attached hydrogen (secondary N) is 2. The maximum Gasteiger partial charge on any atom is 0.234 e. The summed E-state index contributed by atoms with van der Waals surface area (Å²) >= 11 is 0. The number of carbonyl (C=O) groups is 1. The van der Waals surface area contributed by atoms with Crippen molar-refractivity contribution in [3.63, 3.8) is 0 Å². The molecule has 1 fully saturated rings. The van der Waals surface area contributed by atoms with Gasteiger partial charge in [0, 0.05) is 12.5 Å². The molecule has 0 saturated carbocycles. The number of amides is 1. The van der Waals surface area contributed by atoms with Crippen LogP contribution in [0.1, 0.15) is 18.9 Å². The first kappa shape index (κ1) is 11.8. The second-order valence-corrected chi connectivity index (χ2v) is 4.31. The molecule has 1 aliphatic rings. The molecule has 0 bridgehead atoms. The van der Waals surface area contributed by atoms with Crippen LogP contribution in [0.3, 0.4) is 0 Å². The first-order valence-electron chi connectivity index (χ1n) is 5.63. The third-order valence-corrected chi connectivity index (χ3v) is 2.84. The Kier molecular flexibility index (Phi) is 3.54. The van der Waals surface area contributed by atoms with E-state index in [1.807, 2.05) is 25.1 Å². The van der Waals surface area contributed by atoms with Gasteiger partial charge in [0.25, 0.3) is 0 Å². The van der Waals surface area contributed by atoms with Gasteiger partial charge in [0.1, 0.15) is 5.82 Å². The van der Waals surface area contributed by atoms with E-state index >= 15 is 0 Å². The Hall–Kier alpha value is -1.68. The van der Waals surface area contributed by atoms with Crippen LogP contribution >= 0.6 is 0 Å². The zero-order valence-corrected chi connectivity index (χ0v) is 9.61. The summed E-state index contributed by atoms with van der Waals surface area (Å²) in [5.74, 6) is -0.00781. The van der Waals surface area contributed by atoms with Gasteiger partial charge >= 0.3 is 0 Å². The fourth-order valence-corrected chi connectivity index (χ4v) is 1.84. The predicted octanol–water partition coefficient (Wildman–Crippen LogP) is 1.87. The van der Waals surface area contributed by atoms with E-state index in [1.165, 1.54) is 12.1 Å². The third-order valence-electron chi connectivity index (χ3n) is 2.84. The maximum absolute atomic E-state index is 13.0. The van der Waals surface area contributed by atoms with Crippen LogP contribution < -0.4 is 10.9 Å². The van der Waals surface area contributed by atoms with Crippen molar-refractivity contribution in [2.75, 3.05) is 0 Å². The smallest absolute Gasteiger partial charge is 0.234 e. The quantitative estimate of drug-likeness (QED) is 0.820. The van der Waals surface area contributed by atoms with E-state index in [-0.39, 0.29) is 23.7 Å². The molecule has 0 radical (unpaired) electrons. The van der Waals surface area contributed by atoms with Gasteiger partial charge in [-0.1, -0.05) is 31.2 Å². The van der Waals surface area contributed by atoms with Crippen molar-refractivity contribution >= 4 is 12.0 Å². The Morgan fingerprint density at radius 1 is 1.47 bits per heavy atom. The summed E-state index contributed by atoms with van der Waals surface area (Å²) in [6.07, 6.45) is 4.30. The minimum absolute atomic E-state index is 0.00732. The Morgan fingerprint density at radius 3 is 3.00 bits per heavy atom. The van der Waals surface area contributed by atoms with E-state index < -0.39 is 0 Å². The van der Waals surface area contributed by atoms with Gasteiger partial charge in [-0.15, -0.1) is 0 Å². The molecule has 2 N–H and O–H groups in total. The summed E-state index contributed by atoms with van der Waals surface area (Å²) in [6.45, 7) is 2.01. The van der Waals surface area contributed by atoms with Crippen molar-refractivity contribution in [1.29, 1.82) is 0 Å². The van der Waals surface area contributed by atoms with Gasteiger partial charge in [-0.25, -0.2) is 9.82 Å². The molecule has 1 aromatic rings. The summed E-state index contributed by atoms with van der Waals surface area (Å²) < 4.78 is 13.0. The van der Waals surface area contributed by atoms with E-state index in [9.17, 15) is 9.18 Å². The fourth-order valence-electron chi connectivity index (χ4n) is 1.84. The molecule has 2 atom stereocenters. The molecule has 2 rings (SSSR count). The minimum Gasteiger partial charge on any atom is -0.291 e. The van der Waals surface area contributed by atoms with Crippen LogP contribution in [0, 0.1) is 11.7 Å². The number of hydrazine groups is 1. The lowest BCUT2D eigenvalue weighted by Crippen LogP contribution is -2.52. The number of hydrogen-bond acceptors (Lipinski definition) is 2. The number of halogens is 1. The van der Waals surface area contributed by atoms with Gasteiger partial charge in [0.15, 0.2) is 0 Å². The number of benzene rings is 1. The average Bonchev–Trinajstić information content (AvgIpc) is 2.28. The van der Waals surface area contributed by atoms with Crippen LogP contribution in [-0.2, 0) is 4.79 Å². The molecule has 3 nitrogen and oxygen atoms in total. The van der Waals surface area contributed by atoms with Crippen LogP contribution in [0.5, 0.6) is 0 Å². The average molecular weight is 234 g/mol. The lowest BCUT2D eigenvalue weighted by Gasteiger charge is -2.27. The van der Waals surface area contributed by atoms with Gasteiger partial charge in [-0.3, -0.25) is 10.2 Å². The predicted molar refractivity (Wildman–Crippen MR) is 64.3 cm³/mol. The molecule has 1 aromatic carbocycles. The first-order chi connectivity index (χ1) is 8.15. The summed E-state index contributed by atoms with van der Waals surface area (Å²) in [7, 11) is 0. The van der Waals surface area contributed by atoms with Crippen LogP contribution in [0.15, 0.2) is 30.3 Å². The van der Waals surface area contributed by atoms with Gasteiger partial charge in [0.2, 0.25) is 5.91 Å². The van der Waals surface area contributed by atoms with Crippen molar-refractivity contribution in [3.8, 4) is 0 Å². The lowest BCUT2D eigenvalue weighted by molar-refractivity contribution is -0.125. The maximum atomic E-state index is 13.0. The van der Waals surface area contributed by atoms with Crippen molar-refractivity contribution in [3.05, 3.63) is 41.7 Å². The van der Waals surface area contributed by atoms with E-state index in [4.69, 9.17) is 0 Å². The van der Waals surface area contributed by atoms with Gasteiger partial charge in [0.05, 0.1) is 0 Å². The summed E-state index contributed by atoms with van der Waals surface area (Å²) in [6, 6.07) is 6.48. The molecule has 1 saturated heterocycles. The molecule has 90 valence electrons. The molecule has 2 unspecified atom stereocenters. The molecule has 4 heteroatoms. The van der Waals surface area contributed by atoms with Gasteiger partial charge in [-0.05, 0) is 23.6 Å². The minimum atomic E-state index is -0.245. The van der Waals surface area contributed by atoms with E-state index in [1.54, 1.807) is 6.07 Å². The fraction of sp³-hybridized carbons (Fsp3) is 0.308. The summed E-state index contributed by atoms with van der Waals surface area (Å²) in [5, 5.41) is 0. The molecule has 1 amide bonds. The van der Waals surface area contributed by atoms with Crippen LogP contribution in [0.2, 0.25) is 0 Å². The first-order valence-corrected chi connectivity index (χ1v) is 5.63. The highest BCUT2D eigenvalue weighted by Crippen LogP contribution is 2.14. The van der Waals surface area contributed by atoms with Crippen molar-refractivity contribution < 1.29 is 9.18 Å². The number of hydrogen-bond donors (Lipinski definition) is 2. The molecular formula is C13H15FN2O. The van der Waals surface area contributed by atoms with E-state index in [0.717, 1.165) is 5.56 Å². The topological polar surface area (TPSA) is 41.1 Å². The highest BCUT2D eigenvalue weighted by atomic mass is 19.1. The van der Waals surface area contributed by atoms with E-state index in [2.05, 4.69) is 10.9 Å².